The molecule has 0 bridgehead atoms. The van der Waals surface area contributed by atoms with Crippen LogP contribution in [0.3, 0.4) is 0 Å². The summed E-state index contributed by atoms with van der Waals surface area (Å²) < 4.78 is 0. The number of aryl methyl sites for hydroxylation is 1. The molecule has 0 unspecified atom stereocenters. The minimum absolute atomic E-state index is 0.216. The molecule has 4 rings (SSSR count). The van der Waals surface area contributed by atoms with Crippen LogP contribution in [0.1, 0.15) is 16.7 Å². The van der Waals surface area contributed by atoms with Crippen LogP contribution in [0.25, 0.3) is 0 Å². The Kier molecular flexibility index (Phi) is 4.86. The number of nitrogens with one attached hydrogen (secondary N) is 1. The molecule has 0 aromatic heterocycles. The van der Waals surface area contributed by atoms with Gasteiger partial charge in [0.25, 0.3) is 5.91 Å². The van der Waals surface area contributed by atoms with Gasteiger partial charge in [-0.15, -0.1) is 0 Å². The lowest BCUT2D eigenvalue weighted by Crippen LogP contribution is -2.44. The van der Waals surface area contributed by atoms with Crippen molar-refractivity contribution in [1.29, 1.82) is 0 Å². The van der Waals surface area contributed by atoms with Crippen molar-refractivity contribution in [2.45, 2.75) is 12.5 Å². The van der Waals surface area contributed by atoms with Crippen molar-refractivity contribution >= 4 is 34.8 Å². The summed E-state index contributed by atoms with van der Waals surface area (Å²) in [6, 6.07) is 20.9. The highest BCUT2D eigenvalue weighted by Gasteiger charge is 2.51. The molecule has 3 aromatic rings. The van der Waals surface area contributed by atoms with Gasteiger partial charge < -0.3 is 10.4 Å². The van der Waals surface area contributed by atoms with Crippen molar-refractivity contribution in [3.63, 3.8) is 0 Å². The molecular formula is C23H19ClN2O3. The lowest BCUT2D eigenvalue weighted by atomic mass is 9.87. The highest BCUT2D eigenvalue weighted by Crippen LogP contribution is 2.44. The van der Waals surface area contributed by atoms with Gasteiger partial charge in [-0.1, -0.05) is 59.6 Å². The highest BCUT2D eigenvalue weighted by molar-refractivity contribution is 6.30. The monoisotopic (exact) mass is 406 g/mol. The number of fused-ring (bicyclic) bond motifs is 1. The van der Waals surface area contributed by atoms with Gasteiger partial charge in [0, 0.05) is 16.3 Å². The van der Waals surface area contributed by atoms with Gasteiger partial charge in [-0.05, 0) is 42.8 Å². The topological polar surface area (TPSA) is 69.6 Å². The third-order valence-corrected chi connectivity index (χ3v) is 5.25. The maximum absolute atomic E-state index is 13.3. The molecule has 1 aliphatic rings. The fourth-order valence-electron chi connectivity index (χ4n) is 3.57. The number of carbonyl (C=O) groups excluding carboxylic acids is 2. The molecule has 6 heteroatoms. The third-order valence-electron chi connectivity index (χ3n) is 5.02. The number of amides is 2. The van der Waals surface area contributed by atoms with Gasteiger partial charge in [-0.2, -0.15) is 0 Å². The van der Waals surface area contributed by atoms with Crippen LogP contribution < -0.4 is 10.2 Å². The standard InChI is InChI=1S/C23H19ClN2O3/c1-15-9-11-18(12-10-15)25-21(27)14-26-20-8-3-2-7-19(20)23(29,22(26)28)16-5-4-6-17(24)13-16/h2-13,29H,14H2,1H3,(H,25,27)/t23-/m1/s1. The maximum atomic E-state index is 13.3. The zero-order valence-electron chi connectivity index (χ0n) is 15.7. The van der Waals surface area contributed by atoms with Gasteiger partial charge in [0.1, 0.15) is 6.54 Å². The number of nitrogens with zero attached hydrogens (tertiary/aromatic N) is 1. The van der Waals surface area contributed by atoms with Crippen LogP contribution in [-0.4, -0.2) is 23.5 Å². The van der Waals surface area contributed by atoms with E-state index in [1.54, 1.807) is 60.7 Å². The molecule has 1 aliphatic heterocycles. The first-order valence-corrected chi connectivity index (χ1v) is 9.54. The summed E-state index contributed by atoms with van der Waals surface area (Å²) >= 11 is 6.08. The van der Waals surface area contributed by atoms with Gasteiger partial charge >= 0.3 is 0 Å². The predicted molar refractivity (Wildman–Crippen MR) is 113 cm³/mol. The van der Waals surface area contributed by atoms with Crippen molar-refractivity contribution < 1.29 is 14.7 Å². The number of para-hydroxylation sites is 1. The van der Waals surface area contributed by atoms with Gasteiger partial charge in [0.05, 0.1) is 5.69 Å². The van der Waals surface area contributed by atoms with E-state index in [0.29, 0.717) is 27.5 Å². The average molecular weight is 407 g/mol. The van der Waals surface area contributed by atoms with E-state index in [2.05, 4.69) is 5.32 Å². The Morgan fingerprint density at radius 1 is 1.07 bits per heavy atom. The van der Waals surface area contributed by atoms with E-state index >= 15 is 0 Å². The van der Waals surface area contributed by atoms with Crippen LogP contribution in [0.15, 0.2) is 72.8 Å². The normalized spacial score (nSPS) is 17.9. The van der Waals surface area contributed by atoms with Gasteiger partial charge in [0.15, 0.2) is 5.60 Å². The van der Waals surface area contributed by atoms with E-state index in [4.69, 9.17) is 11.6 Å². The van der Waals surface area contributed by atoms with E-state index < -0.39 is 11.5 Å². The molecule has 1 heterocycles. The maximum Gasteiger partial charge on any atom is 0.268 e. The van der Waals surface area contributed by atoms with Crippen LogP contribution in [0.4, 0.5) is 11.4 Å². The zero-order chi connectivity index (χ0) is 20.6. The Hall–Kier alpha value is -3.15. The van der Waals surface area contributed by atoms with Crippen LogP contribution in [0.5, 0.6) is 0 Å². The lowest BCUT2D eigenvalue weighted by Gasteiger charge is -2.23. The van der Waals surface area contributed by atoms with E-state index in [9.17, 15) is 14.7 Å². The summed E-state index contributed by atoms with van der Waals surface area (Å²) in [4.78, 5) is 27.2. The fourth-order valence-corrected chi connectivity index (χ4v) is 3.76. The summed E-state index contributed by atoms with van der Waals surface area (Å²) in [6.45, 7) is 1.74. The summed E-state index contributed by atoms with van der Waals surface area (Å²) in [5.41, 5.74) is 1.12. The molecule has 0 spiro atoms. The fraction of sp³-hybridized carbons (Fsp3) is 0.130. The Bertz CT molecular complexity index is 1100. The summed E-state index contributed by atoms with van der Waals surface area (Å²) in [7, 11) is 0. The molecule has 0 aliphatic carbocycles. The molecule has 0 fully saturated rings. The second kappa shape index (κ2) is 7.35. The van der Waals surface area contributed by atoms with Crippen molar-refractivity contribution in [3.8, 4) is 0 Å². The SMILES string of the molecule is Cc1ccc(NC(=O)CN2C(=O)[C@@](O)(c3cccc(Cl)c3)c3ccccc32)cc1. The summed E-state index contributed by atoms with van der Waals surface area (Å²) in [6.07, 6.45) is 0. The first-order chi connectivity index (χ1) is 13.9. The van der Waals surface area contributed by atoms with Crippen LogP contribution in [0.2, 0.25) is 5.02 Å². The number of anilines is 2. The average Bonchev–Trinajstić information content (AvgIpc) is 2.93. The largest absolute Gasteiger partial charge is 0.372 e. The molecule has 146 valence electrons. The van der Waals surface area contributed by atoms with Crippen molar-refractivity contribution in [2.24, 2.45) is 0 Å². The number of hydrogen-bond acceptors (Lipinski definition) is 3. The highest BCUT2D eigenvalue weighted by atomic mass is 35.5. The number of rotatable bonds is 4. The molecule has 2 N–H and O–H groups in total. The summed E-state index contributed by atoms with van der Waals surface area (Å²) in [5, 5.41) is 14.6. The summed E-state index contributed by atoms with van der Waals surface area (Å²) in [5.74, 6) is -0.938. The van der Waals surface area contributed by atoms with Gasteiger partial charge in [0.2, 0.25) is 5.91 Å². The van der Waals surface area contributed by atoms with Gasteiger partial charge in [-0.3, -0.25) is 14.5 Å². The molecule has 0 radical (unpaired) electrons. The lowest BCUT2D eigenvalue weighted by molar-refractivity contribution is -0.133. The molecule has 3 aromatic carbocycles. The number of aliphatic hydroxyl groups is 1. The van der Waals surface area contributed by atoms with Crippen LogP contribution in [0, 0.1) is 6.92 Å². The smallest absolute Gasteiger partial charge is 0.268 e. The second-order valence-corrected chi connectivity index (χ2v) is 7.48. The molecule has 5 nitrogen and oxygen atoms in total. The zero-order valence-corrected chi connectivity index (χ0v) is 16.5. The van der Waals surface area contributed by atoms with E-state index in [-0.39, 0.29) is 12.5 Å². The van der Waals surface area contributed by atoms with Crippen LogP contribution in [-0.2, 0) is 15.2 Å². The predicted octanol–water partition coefficient (Wildman–Crippen LogP) is 3.87. The van der Waals surface area contributed by atoms with E-state index in [0.717, 1.165) is 5.56 Å². The molecule has 29 heavy (non-hydrogen) atoms. The Labute approximate surface area is 173 Å². The van der Waals surface area contributed by atoms with Crippen molar-refractivity contribution in [3.05, 3.63) is 94.5 Å². The molecular weight excluding hydrogens is 388 g/mol. The second-order valence-electron chi connectivity index (χ2n) is 7.04. The van der Waals surface area contributed by atoms with Crippen molar-refractivity contribution in [2.75, 3.05) is 16.8 Å². The minimum Gasteiger partial charge on any atom is -0.372 e. The minimum atomic E-state index is -1.90. The van der Waals surface area contributed by atoms with E-state index in [1.165, 1.54) is 4.90 Å². The van der Waals surface area contributed by atoms with Crippen LogP contribution >= 0.6 is 11.6 Å². The quantitative estimate of drug-likeness (QED) is 0.691. The van der Waals surface area contributed by atoms with Crippen molar-refractivity contribution in [1.82, 2.24) is 0 Å². The molecule has 2 amide bonds. The number of benzene rings is 3. The first-order valence-electron chi connectivity index (χ1n) is 9.16. The number of halogens is 1. The molecule has 1 atom stereocenters. The Morgan fingerprint density at radius 2 is 1.79 bits per heavy atom. The number of carbonyl (C=O) groups is 2. The Morgan fingerprint density at radius 3 is 2.52 bits per heavy atom. The first kappa shape index (κ1) is 19.2. The Balaban J connectivity index is 1.66. The molecule has 0 saturated carbocycles. The number of hydrogen-bond donors (Lipinski definition) is 2. The third kappa shape index (κ3) is 3.39. The molecule has 0 saturated heterocycles. The van der Waals surface area contributed by atoms with Gasteiger partial charge in [-0.25, -0.2) is 0 Å². The van der Waals surface area contributed by atoms with E-state index in [1.807, 2.05) is 19.1 Å².